The number of hydrogen-bond donors (Lipinski definition) is 2. The van der Waals surface area contributed by atoms with Crippen LogP contribution in [0.25, 0.3) is 0 Å². The molecule has 2 heterocycles. The van der Waals surface area contributed by atoms with Crippen LogP contribution in [-0.4, -0.2) is 17.7 Å². The predicted octanol–water partition coefficient (Wildman–Crippen LogP) is 1.10. The average molecular weight is 199 g/mol. The van der Waals surface area contributed by atoms with Gasteiger partial charge in [0.15, 0.2) is 0 Å². The van der Waals surface area contributed by atoms with Gasteiger partial charge >= 0.3 is 5.97 Å². The molecule has 0 spiro atoms. The molecule has 0 bridgehead atoms. The molecule has 1 aromatic rings. The third-order valence-electron chi connectivity index (χ3n) is 2.05. The van der Waals surface area contributed by atoms with Gasteiger partial charge < -0.3 is 15.6 Å². The van der Waals surface area contributed by atoms with Crippen molar-refractivity contribution in [3.63, 3.8) is 0 Å². The van der Waals surface area contributed by atoms with Crippen LogP contribution in [0.2, 0.25) is 0 Å². The summed E-state index contributed by atoms with van der Waals surface area (Å²) in [6.45, 7) is 1.04. The van der Waals surface area contributed by atoms with E-state index in [4.69, 9.17) is 15.6 Å². The van der Waals surface area contributed by atoms with Gasteiger partial charge in [-0.25, -0.2) is 4.79 Å². The number of rotatable bonds is 1. The number of thiophene rings is 1. The molecule has 0 aliphatic carbocycles. The maximum atomic E-state index is 10.8. The number of ether oxygens (including phenoxy) is 1. The molecule has 5 heteroatoms. The molecule has 0 radical (unpaired) electrons. The van der Waals surface area contributed by atoms with Crippen molar-refractivity contribution in [2.45, 2.75) is 13.0 Å². The summed E-state index contributed by atoms with van der Waals surface area (Å²) in [4.78, 5) is 11.9. The zero-order valence-corrected chi connectivity index (χ0v) is 7.69. The molecule has 3 N–H and O–H groups in total. The maximum Gasteiger partial charge on any atom is 0.339 e. The Kier molecular flexibility index (Phi) is 1.97. The van der Waals surface area contributed by atoms with Crippen molar-refractivity contribution in [2.75, 3.05) is 12.3 Å². The normalized spacial score (nSPS) is 15.4. The van der Waals surface area contributed by atoms with Crippen molar-refractivity contribution in [3.8, 4) is 0 Å². The summed E-state index contributed by atoms with van der Waals surface area (Å²) >= 11 is 1.36. The Labute approximate surface area is 78.9 Å². The van der Waals surface area contributed by atoms with Gasteiger partial charge in [0, 0.05) is 16.9 Å². The van der Waals surface area contributed by atoms with Crippen LogP contribution in [0.3, 0.4) is 0 Å². The van der Waals surface area contributed by atoms with E-state index in [9.17, 15) is 4.79 Å². The zero-order chi connectivity index (χ0) is 9.42. The molecule has 0 aromatic carbocycles. The topological polar surface area (TPSA) is 72.6 Å². The fraction of sp³-hybridized carbons (Fsp3) is 0.375. The first-order valence-corrected chi connectivity index (χ1v) is 4.73. The zero-order valence-electron chi connectivity index (χ0n) is 6.87. The molecule has 13 heavy (non-hydrogen) atoms. The summed E-state index contributed by atoms with van der Waals surface area (Å²) in [5.74, 6) is -0.958. The molecule has 0 saturated carbocycles. The number of carboxylic acid groups (broad SMARTS) is 1. The van der Waals surface area contributed by atoms with E-state index in [1.807, 2.05) is 0 Å². The van der Waals surface area contributed by atoms with Gasteiger partial charge in [0.1, 0.15) is 5.00 Å². The molecule has 0 amide bonds. The van der Waals surface area contributed by atoms with Crippen molar-refractivity contribution in [3.05, 3.63) is 16.0 Å². The summed E-state index contributed by atoms with van der Waals surface area (Å²) in [5.41, 5.74) is 6.61. The van der Waals surface area contributed by atoms with Crippen molar-refractivity contribution < 1.29 is 14.6 Å². The minimum absolute atomic E-state index is 0.236. The highest BCUT2D eigenvalue weighted by Gasteiger charge is 2.23. The summed E-state index contributed by atoms with van der Waals surface area (Å²) in [5, 5.41) is 9.27. The van der Waals surface area contributed by atoms with E-state index >= 15 is 0 Å². The Morgan fingerprint density at radius 3 is 3.08 bits per heavy atom. The number of anilines is 1. The van der Waals surface area contributed by atoms with E-state index in [0.717, 1.165) is 16.9 Å². The first-order chi connectivity index (χ1) is 6.20. The summed E-state index contributed by atoms with van der Waals surface area (Å²) in [6, 6.07) is 0. The highest BCUT2D eigenvalue weighted by Crippen LogP contribution is 2.34. The van der Waals surface area contributed by atoms with Gasteiger partial charge in [0.25, 0.3) is 0 Å². The second-order valence-electron chi connectivity index (χ2n) is 2.85. The lowest BCUT2D eigenvalue weighted by Crippen LogP contribution is -2.11. The Morgan fingerprint density at radius 1 is 1.62 bits per heavy atom. The predicted molar refractivity (Wildman–Crippen MR) is 49.1 cm³/mol. The average Bonchev–Trinajstić information content (AvgIpc) is 2.39. The van der Waals surface area contributed by atoms with Crippen molar-refractivity contribution in [1.29, 1.82) is 0 Å². The van der Waals surface area contributed by atoms with Gasteiger partial charge in [-0.05, 0) is 0 Å². The molecule has 4 nitrogen and oxygen atoms in total. The van der Waals surface area contributed by atoms with Crippen LogP contribution in [-0.2, 0) is 17.8 Å². The lowest BCUT2D eigenvalue weighted by atomic mass is 10.1. The molecule has 1 aliphatic rings. The third kappa shape index (κ3) is 1.30. The van der Waals surface area contributed by atoms with E-state index in [2.05, 4.69) is 0 Å². The Hall–Kier alpha value is -1.07. The van der Waals surface area contributed by atoms with E-state index in [1.165, 1.54) is 11.3 Å². The van der Waals surface area contributed by atoms with Crippen molar-refractivity contribution in [1.82, 2.24) is 0 Å². The summed E-state index contributed by atoms with van der Waals surface area (Å²) in [6.07, 6.45) is 0.775. The number of nitrogens with two attached hydrogens (primary N) is 1. The van der Waals surface area contributed by atoms with Crippen LogP contribution in [0.15, 0.2) is 0 Å². The first kappa shape index (κ1) is 8.52. The molecule has 70 valence electrons. The van der Waals surface area contributed by atoms with Gasteiger partial charge in [-0.1, -0.05) is 0 Å². The summed E-state index contributed by atoms with van der Waals surface area (Å²) < 4.78 is 5.19. The highest BCUT2D eigenvalue weighted by molar-refractivity contribution is 7.16. The van der Waals surface area contributed by atoms with Gasteiger partial charge in [-0.3, -0.25) is 0 Å². The molecule has 0 saturated heterocycles. The monoisotopic (exact) mass is 199 g/mol. The number of carboxylic acids is 1. The van der Waals surface area contributed by atoms with Crippen molar-refractivity contribution >= 4 is 22.3 Å². The Balaban J connectivity index is 2.54. The number of carbonyl (C=O) groups is 1. The smallest absolute Gasteiger partial charge is 0.339 e. The fourth-order valence-electron chi connectivity index (χ4n) is 1.46. The van der Waals surface area contributed by atoms with Crippen LogP contribution < -0.4 is 5.73 Å². The van der Waals surface area contributed by atoms with E-state index < -0.39 is 5.97 Å². The number of aromatic carboxylic acids is 1. The van der Waals surface area contributed by atoms with Crippen molar-refractivity contribution in [2.24, 2.45) is 0 Å². The quantitative estimate of drug-likeness (QED) is 0.710. The Bertz CT molecular complexity index is 359. The molecule has 1 aliphatic heterocycles. The molecule has 1 aromatic heterocycles. The lowest BCUT2D eigenvalue weighted by molar-refractivity contribution is 0.0685. The van der Waals surface area contributed by atoms with E-state index in [0.29, 0.717) is 18.2 Å². The summed E-state index contributed by atoms with van der Waals surface area (Å²) in [7, 11) is 0. The number of hydrogen-bond acceptors (Lipinski definition) is 4. The second kappa shape index (κ2) is 3.01. The molecular formula is C8H9NO3S. The SMILES string of the molecule is Nc1sc2c(c1C(=O)O)COCC2. The van der Waals surface area contributed by atoms with Gasteiger partial charge in [-0.15, -0.1) is 11.3 Å². The van der Waals surface area contributed by atoms with Crippen LogP contribution in [0.4, 0.5) is 5.00 Å². The highest BCUT2D eigenvalue weighted by atomic mass is 32.1. The van der Waals surface area contributed by atoms with E-state index in [1.54, 1.807) is 0 Å². The minimum atomic E-state index is -0.958. The largest absolute Gasteiger partial charge is 0.478 e. The molecule has 2 rings (SSSR count). The number of fused-ring (bicyclic) bond motifs is 1. The van der Waals surface area contributed by atoms with Crippen LogP contribution in [0.1, 0.15) is 20.8 Å². The minimum Gasteiger partial charge on any atom is -0.478 e. The number of nitrogen functional groups attached to an aromatic ring is 1. The second-order valence-corrected chi connectivity index (χ2v) is 3.99. The van der Waals surface area contributed by atoms with Gasteiger partial charge in [-0.2, -0.15) is 0 Å². The van der Waals surface area contributed by atoms with Crippen LogP contribution in [0, 0.1) is 0 Å². The van der Waals surface area contributed by atoms with Gasteiger partial charge in [0.05, 0.1) is 18.8 Å². The first-order valence-electron chi connectivity index (χ1n) is 3.91. The molecular weight excluding hydrogens is 190 g/mol. The van der Waals surface area contributed by atoms with E-state index in [-0.39, 0.29) is 5.56 Å². The lowest BCUT2D eigenvalue weighted by Gasteiger charge is -2.11. The standard InChI is InChI=1S/C8H9NO3S/c9-7-6(8(10)11)4-3-12-2-1-5(4)13-7/h1-3,9H2,(H,10,11). The maximum absolute atomic E-state index is 10.8. The Morgan fingerprint density at radius 2 is 2.38 bits per heavy atom. The van der Waals surface area contributed by atoms with Crippen LogP contribution >= 0.6 is 11.3 Å². The molecule has 0 fully saturated rings. The molecule has 0 unspecified atom stereocenters. The molecule has 0 atom stereocenters. The fourth-order valence-corrected chi connectivity index (χ4v) is 2.51. The third-order valence-corrected chi connectivity index (χ3v) is 3.17. The van der Waals surface area contributed by atoms with Crippen LogP contribution in [0.5, 0.6) is 0 Å². The van der Waals surface area contributed by atoms with Gasteiger partial charge in [0.2, 0.25) is 0 Å².